The molecule has 4 nitrogen and oxygen atoms in total. The molecule has 0 aromatic heterocycles. The van der Waals surface area contributed by atoms with Gasteiger partial charge in [0.25, 0.3) is 0 Å². The van der Waals surface area contributed by atoms with Crippen molar-refractivity contribution in [2.45, 2.75) is 30.9 Å². The van der Waals surface area contributed by atoms with E-state index in [1.54, 1.807) is 14.2 Å². The van der Waals surface area contributed by atoms with Crippen molar-refractivity contribution >= 4 is 23.4 Å². The van der Waals surface area contributed by atoms with Crippen LogP contribution >= 0.6 is 11.8 Å². The Kier molecular flexibility index (Phi) is 6.15. The van der Waals surface area contributed by atoms with E-state index in [0.29, 0.717) is 11.5 Å². The van der Waals surface area contributed by atoms with Gasteiger partial charge in [-0.1, -0.05) is 18.2 Å². The Labute approximate surface area is 147 Å². The van der Waals surface area contributed by atoms with Crippen LogP contribution in [0, 0.1) is 13.8 Å². The second-order valence-corrected chi connectivity index (χ2v) is 6.95. The summed E-state index contributed by atoms with van der Waals surface area (Å²) in [5.74, 6) is 1.31. The number of methoxy groups -OCH3 is 2. The third kappa shape index (κ3) is 4.23. The summed E-state index contributed by atoms with van der Waals surface area (Å²) in [7, 11) is 3.20. The van der Waals surface area contributed by atoms with E-state index in [-0.39, 0.29) is 11.2 Å². The summed E-state index contributed by atoms with van der Waals surface area (Å²) in [5, 5.41) is 2.80. The molecule has 2 aromatic rings. The summed E-state index contributed by atoms with van der Waals surface area (Å²) < 4.78 is 10.5. The average Bonchev–Trinajstić information content (AvgIpc) is 2.57. The lowest BCUT2D eigenvalue weighted by Gasteiger charge is -2.16. The molecule has 0 saturated heterocycles. The minimum Gasteiger partial charge on any atom is -0.493 e. The lowest BCUT2D eigenvalue weighted by atomic mass is 10.1. The summed E-state index contributed by atoms with van der Waals surface area (Å²) in [4.78, 5) is 13.5. The van der Waals surface area contributed by atoms with Gasteiger partial charge in [-0.2, -0.15) is 0 Å². The monoisotopic (exact) mass is 345 g/mol. The molecule has 2 aromatic carbocycles. The van der Waals surface area contributed by atoms with Gasteiger partial charge in [-0.15, -0.1) is 11.8 Å². The maximum atomic E-state index is 12.5. The number of benzene rings is 2. The lowest BCUT2D eigenvalue weighted by Crippen LogP contribution is -2.23. The summed E-state index contributed by atoms with van der Waals surface area (Å²) in [6.45, 7) is 5.88. The SMILES string of the molecule is COc1ccc(S[C@@H](C)C(=O)Nc2c(C)cccc2C)cc1OC. The van der Waals surface area contributed by atoms with Crippen LogP contribution in [0.2, 0.25) is 0 Å². The molecule has 0 bridgehead atoms. The highest BCUT2D eigenvalue weighted by atomic mass is 32.2. The van der Waals surface area contributed by atoms with Gasteiger partial charge in [0.15, 0.2) is 11.5 Å². The fraction of sp³-hybridized carbons (Fsp3) is 0.316. The number of aryl methyl sites for hydroxylation is 2. The van der Waals surface area contributed by atoms with E-state index in [9.17, 15) is 4.79 Å². The third-order valence-electron chi connectivity index (χ3n) is 3.77. The highest BCUT2D eigenvalue weighted by molar-refractivity contribution is 8.00. The number of amides is 1. The number of rotatable bonds is 6. The molecule has 1 amide bonds. The van der Waals surface area contributed by atoms with Gasteiger partial charge < -0.3 is 14.8 Å². The Morgan fingerprint density at radius 1 is 1.04 bits per heavy atom. The van der Waals surface area contributed by atoms with Crippen molar-refractivity contribution in [3.63, 3.8) is 0 Å². The van der Waals surface area contributed by atoms with Crippen LogP contribution < -0.4 is 14.8 Å². The normalized spacial score (nSPS) is 11.7. The predicted octanol–water partition coefficient (Wildman–Crippen LogP) is 4.44. The number of para-hydroxylation sites is 1. The Morgan fingerprint density at radius 3 is 2.25 bits per heavy atom. The van der Waals surface area contributed by atoms with Crippen LogP contribution in [0.25, 0.3) is 0 Å². The van der Waals surface area contributed by atoms with Gasteiger partial charge in [-0.3, -0.25) is 4.79 Å². The number of carbonyl (C=O) groups is 1. The second-order valence-electron chi connectivity index (χ2n) is 5.53. The maximum absolute atomic E-state index is 12.5. The molecule has 24 heavy (non-hydrogen) atoms. The quantitative estimate of drug-likeness (QED) is 0.786. The highest BCUT2D eigenvalue weighted by Gasteiger charge is 2.17. The number of anilines is 1. The van der Waals surface area contributed by atoms with E-state index in [2.05, 4.69) is 5.32 Å². The fourth-order valence-corrected chi connectivity index (χ4v) is 3.28. The maximum Gasteiger partial charge on any atom is 0.237 e. The molecule has 0 aliphatic rings. The zero-order valence-electron chi connectivity index (χ0n) is 14.7. The number of hydrogen-bond acceptors (Lipinski definition) is 4. The molecule has 0 aliphatic carbocycles. The molecule has 0 heterocycles. The Morgan fingerprint density at radius 2 is 1.67 bits per heavy atom. The predicted molar refractivity (Wildman–Crippen MR) is 99.4 cm³/mol. The Bertz CT molecular complexity index is 710. The summed E-state index contributed by atoms with van der Waals surface area (Å²) in [6, 6.07) is 11.6. The zero-order valence-corrected chi connectivity index (χ0v) is 15.5. The molecule has 128 valence electrons. The minimum atomic E-state index is -0.234. The molecular weight excluding hydrogens is 322 g/mol. The third-order valence-corrected chi connectivity index (χ3v) is 4.86. The first-order valence-electron chi connectivity index (χ1n) is 7.72. The smallest absolute Gasteiger partial charge is 0.237 e. The van der Waals surface area contributed by atoms with Gasteiger partial charge in [-0.25, -0.2) is 0 Å². The van der Waals surface area contributed by atoms with Crippen LogP contribution in [0.5, 0.6) is 11.5 Å². The molecule has 1 atom stereocenters. The molecule has 5 heteroatoms. The number of carbonyl (C=O) groups excluding carboxylic acids is 1. The van der Waals surface area contributed by atoms with Crippen LogP contribution in [0.4, 0.5) is 5.69 Å². The van der Waals surface area contributed by atoms with E-state index in [1.807, 2.05) is 57.2 Å². The molecule has 0 aliphatic heterocycles. The second kappa shape index (κ2) is 8.11. The fourth-order valence-electron chi connectivity index (χ4n) is 2.38. The number of ether oxygens (including phenoxy) is 2. The van der Waals surface area contributed by atoms with E-state index in [0.717, 1.165) is 21.7 Å². The van der Waals surface area contributed by atoms with Gasteiger partial charge in [0, 0.05) is 10.6 Å². The molecule has 0 spiro atoms. The van der Waals surface area contributed by atoms with Gasteiger partial charge in [0.1, 0.15) is 0 Å². The van der Waals surface area contributed by atoms with Crippen molar-refractivity contribution in [1.29, 1.82) is 0 Å². The van der Waals surface area contributed by atoms with Crippen LogP contribution in [-0.2, 0) is 4.79 Å². The van der Waals surface area contributed by atoms with Crippen molar-refractivity contribution in [3.05, 3.63) is 47.5 Å². The summed E-state index contributed by atoms with van der Waals surface area (Å²) >= 11 is 1.48. The van der Waals surface area contributed by atoms with E-state index in [4.69, 9.17) is 9.47 Å². The van der Waals surface area contributed by atoms with E-state index in [1.165, 1.54) is 11.8 Å². The first-order valence-corrected chi connectivity index (χ1v) is 8.60. The van der Waals surface area contributed by atoms with Crippen LogP contribution in [-0.4, -0.2) is 25.4 Å². The molecule has 0 radical (unpaired) electrons. The number of nitrogens with one attached hydrogen (secondary N) is 1. The standard InChI is InChI=1S/C19H23NO3S/c1-12-7-6-8-13(2)18(12)20-19(21)14(3)24-15-9-10-16(22-4)17(11-15)23-5/h6-11,14H,1-5H3,(H,20,21)/t14-/m0/s1. The highest BCUT2D eigenvalue weighted by Crippen LogP contribution is 2.34. The molecule has 0 saturated carbocycles. The van der Waals surface area contributed by atoms with Crippen LogP contribution in [0.1, 0.15) is 18.1 Å². The Hall–Kier alpha value is -2.14. The lowest BCUT2D eigenvalue weighted by molar-refractivity contribution is -0.115. The van der Waals surface area contributed by atoms with Crippen molar-refractivity contribution in [1.82, 2.24) is 0 Å². The van der Waals surface area contributed by atoms with Gasteiger partial charge in [0.05, 0.1) is 19.5 Å². The summed E-state index contributed by atoms with van der Waals surface area (Å²) in [5.41, 5.74) is 3.01. The van der Waals surface area contributed by atoms with Crippen molar-refractivity contribution < 1.29 is 14.3 Å². The molecule has 0 fully saturated rings. The van der Waals surface area contributed by atoms with Gasteiger partial charge >= 0.3 is 0 Å². The summed E-state index contributed by atoms with van der Waals surface area (Å²) in [6.07, 6.45) is 0. The molecular formula is C19H23NO3S. The van der Waals surface area contributed by atoms with Crippen molar-refractivity contribution in [3.8, 4) is 11.5 Å². The molecule has 0 unspecified atom stereocenters. The van der Waals surface area contributed by atoms with E-state index >= 15 is 0 Å². The number of thioether (sulfide) groups is 1. The van der Waals surface area contributed by atoms with Crippen LogP contribution in [0.3, 0.4) is 0 Å². The van der Waals surface area contributed by atoms with Crippen LogP contribution in [0.15, 0.2) is 41.3 Å². The van der Waals surface area contributed by atoms with Crippen molar-refractivity contribution in [2.24, 2.45) is 0 Å². The molecule has 2 rings (SSSR count). The molecule has 1 N–H and O–H groups in total. The van der Waals surface area contributed by atoms with Gasteiger partial charge in [0.2, 0.25) is 5.91 Å². The largest absolute Gasteiger partial charge is 0.493 e. The van der Waals surface area contributed by atoms with Gasteiger partial charge in [-0.05, 0) is 50.1 Å². The zero-order chi connectivity index (χ0) is 17.7. The van der Waals surface area contributed by atoms with E-state index < -0.39 is 0 Å². The Balaban J connectivity index is 2.09. The number of hydrogen-bond donors (Lipinski definition) is 1. The van der Waals surface area contributed by atoms with Crippen molar-refractivity contribution in [2.75, 3.05) is 19.5 Å². The average molecular weight is 345 g/mol. The first-order chi connectivity index (χ1) is 11.5. The first kappa shape index (κ1) is 18.2. The topological polar surface area (TPSA) is 47.6 Å². The minimum absolute atomic E-state index is 0.0211.